The van der Waals surface area contributed by atoms with Gasteiger partial charge in [0.2, 0.25) is 0 Å². The topological polar surface area (TPSA) is 102 Å². The standard InChI is InChI=1S/C16H20FNO7/c1-4-23-16(22)18(8-13(21)9-24-10(2)19)12-5-6-15(14(17)7-12)25-11(3)20/h5-7,13,21H,4,8-9H2,1-3H3/t13-/m1/s1. The first-order valence-corrected chi connectivity index (χ1v) is 7.48. The molecule has 0 saturated heterocycles. The number of halogens is 1. The van der Waals surface area contributed by atoms with Gasteiger partial charge in [0, 0.05) is 19.9 Å². The Labute approximate surface area is 144 Å². The first kappa shape index (κ1) is 20.4. The van der Waals surface area contributed by atoms with E-state index in [-0.39, 0.29) is 31.2 Å². The fourth-order valence-electron chi connectivity index (χ4n) is 1.86. The predicted octanol–water partition coefficient (Wildman–Crippen LogP) is 1.64. The van der Waals surface area contributed by atoms with Crippen LogP contribution in [0.5, 0.6) is 5.75 Å². The van der Waals surface area contributed by atoms with E-state index in [1.165, 1.54) is 19.1 Å². The molecular weight excluding hydrogens is 337 g/mol. The summed E-state index contributed by atoms with van der Waals surface area (Å²) >= 11 is 0. The van der Waals surface area contributed by atoms with Gasteiger partial charge in [-0.3, -0.25) is 14.5 Å². The summed E-state index contributed by atoms with van der Waals surface area (Å²) in [5.41, 5.74) is 0.0775. The lowest BCUT2D eigenvalue weighted by molar-refractivity contribution is -0.143. The molecule has 0 spiro atoms. The third kappa shape index (κ3) is 6.76. The first-order chi connectivity index (χ1) is 11.7. The van der Waals surface area contributed by atoms with Crippen molar-refractivity contribution >= 4 is 23.7 Å². The zero-order valence-electron chi connectivity index (χ0n) is 14.2. The number of carbonyl (C=O) groups excluding carboxylic acids is 3. The molecule has 0 aliphatic rings. The molecule has 1 N–H and O–H groups in total. The lowest BCUT2D eigenvalue weighted by atomic mass is 10.2. The lowest BCUT2D eigenvalue weighted by Crippen LogP contribution is -2.40. The number of rotatable bonds is 7. The van der Waals surface area contributed by atoms with Crippen LogP contribution in [-0.2, 0) is 19.1 Å². The van der Waals surface area contributed by atoms with E-state index >= 15 is 0 Å². The zero-order chi connectivity index (χ0) is 19.0. The summed E-state index contributed by atoms with van der Waals surface area (Å²) in [4.78, 5) is 34.7. The van der Waals surface area contributed by atoms with Crippen molar-refractivity contribution in [2.45, 2.75) is 26.9 Å². The van der Waals surface area contributed by atoms with Crippen LogP contribution in [0, 0.1) is 5.82 Å². The van der Waals surface area contributed by atoms with E-state index in [2.05, 4.69) is 9.47 Å². The van der Waals surface area contributed by atoms with Crippen LogP contribution >= 0.6 is 0 Å². The summed E-state index contributed by atoms with van der Waals surface area (Å²) < 4.78 is 28.2. The maximum atomic E-state index is 14.0. The largest absolute Gasteiger partial charge is 0.463 e. The minimum Gasteiger partial charge on any atom is -0.463 e. The maximum absolute atomic E-state index is 14.0. The minimum absolute atomic E-state index is 0.0728. The second-order valence-electron chi connectivity index (χ2n) is 4.97. The Hall–Kier alpha value is -2.68. The molecule has 0 aliphatic heterocycles. The summed E-state index contributed by atoms with van der Waals surface area (Å²) in [6.07, 6.45) is -2.02. The Kier molecular flexibility index (Phi) is 7.80. The molecule has 9 heteroatoms. The molecule has 1 amide bonds. The Morgan fingerprint density at radius 3 is 2.40 bits per heavy atom. The summed E-state index contributed by atoms with van der Waals surface area (Å²) in [5, 5.41) is 9.90. The number of carbonyl (C=O) groups is 3. The van der Waals surface area contributed by atoms with Crippen LogP contribution in [0.2, 0.25) is 0 Å². The summed E-state index contributed by atoms with van der Waals surface area (Å²) in [6, 6.07) is 3.47. The molecule has 1 atom stereocenters. The average Bonchev–Trinajstić information content (AvgIpc) is 2.52. The highest BCUT2D eigenvalue weighted by molar-refractivity contribution is 5.87. The van der Waals surface area contributed by atoms with Crippen molar-refractivity contribution in [3.63, 3.8) is 0 Å². The molecule has 0 aliphatic carbocycles. The van der Waals surface area contributed by atoms with Crippen LogP contribution in [0.3, 0.4) is 0 Å². The molecule has 1 aromatic carbocycles. The summed E-state index contributed by atoms with van der Waals surface area (Å²) in [7, 11) is 0. The molecule has 0 heterocycles. The number of ether oxygens (including phenoxy) is 3. The highest BCUT2D eigenvalue weighted by Gasteiger charge is 2.22. The molecule has 25 heavy (non-hydrogen) atoms. The highest BCUT2D eigenvalue weighted by atomic mass is 19.1. The molecule has 0 unspecified atom stereocenters. The third-order valence-electron chi connectivity index (χ3n) is 2.84. The fourth-order valence-corrected chi connectivity index (χ4v) is 1.86. The number of hydrogen-bond acceptors (Lipinski definition) is 7. The zero-order valence-corrected chi connectivity index (χ0v) is 14.2. The number of hydrogen-bond donors (Lipinski definition) is 1. The van der Waals surface area contributed by atoms with Gasteiger partial charge in [0.25, 0.3) is 0 Å². The average molecular weight is 357 g/mol. The Morgan fingerprint density at radius 1 is 1.20 bits per heavy atom. The molecule has 138 valence electrons. The van der Waals surface area contributed by atoms with Crippen molar-refractivity contribution in [1.82, 2.24) is 0 Å². The summed E-state index contributed by atoms with van der Waals surface area (Å²) in [5.74, 6) is -2.43. The molecule has 1 aromatic rings. The quantitative estimate of drug-likeness (QED) is 0.584. The molecule has 0 bridgehead atoms. The number of aliphatic hydroxyl groups excluding tert-OH is 1. The van der Waals surface area contributed by atoms with Gasteiger partial charge in [0.1, 0.15) is 12.7 Å². The van der Waals surface area contributed by atoms with Crippen molar-refractivity contribution in [2.75, 3.05) is 24.7 Å². The molecule has 0 saturated carbocycles. The van der Waals surface area contributed by atoms with Gasteiger partial charge in [-0.2, -0.15) is 0 Å². The van der Waals surface area contributed by atoms with Gasteiger partial charge >= 0.3 is 18.0 Å². The first-order valence-electron chi connectivity index (χ1n) is 7.48. The molecular formula is C16H20FNO7. The van der Waals surface area contributed by atoms with Gasteiger partial charge in [-0.15, -0.1) is 0 Å². The monoisotopic (exact) mass is 357 g/mol. The predicted molar refractivity (Wildman–Crippen MR) is 84.7 cm³/mol. The Morgan fingerprint density at radius 2 is 1.88 bits per heavy atom. The van der Waals surface area contributed by atoms with Crippen LogP contribution in [0.15, 0.2) is 18.2 Å². The van der Waals surface area contributed by atoms with E-state index in [0.717, 1.165) is 17.9 Å². The van der Waals surface area contributed by atoms with E-state index in [1.54, 1.807) is 6.92 Å². The molecule has 1 rings (SSSR count). The molecule has 0 fully saturated rings. The van der Waals surface area contributed by atoms with Gasteiger partial charge in [-0.1, -0.05) is 0 Å². The van der Waals surface area contributed by atoms with Gasteiger partial charge < -0.3 is 19.3 Å². The number of aliphatic hydroxyl groups is 1. The van der Waals surface area contributed by atoms with E-state index in [1.807, 2.05) is 0 Å². The normalized spacial score (nSPS) is 11.4. The van der Waals surface area contributed by atoms with E-state index in [9.17, 15) is 23.9 Å². The number of esters is 2. The lowest BCUT2D eigenvalue weighted by Gasteiger charge is -2.24. The molecule has 0 aromatic heterocycles. The van der Waals surface area contributed by atoms with Gasteiger partial charge in [0.15, 0.2) is 11.6 Å². The molecule has 8 nitrogen and oxygen atoms in total. The number of amides is 1. The van der Waals surface area contributed by atoms with Crippen LogP contribution in [0.25, 0.3) is 0 Å². The smallest absolute Gasteiger partial charge is 0.414 e. The van der Waals surface area contributed by atoms with Gasteiger partial charge in [-0.25, -0.2) is 9.18 Å². The SMILES string of the molecule is CCOC(=O)N(C[C@@H](O)COC(C)=O)c1ccc(OC(C)=O)c(F)c1. The third-order valence-corrected chi connectivity index (χ3v) is 2.84. The second kappa shape index (κ2) is 9.58. The second-order valence-corrected chi connectivity index (χ2v) is 4.97. The molecule has 0 radical (unpaired) electrons. The Balaban J connectivity index is 2.99. The van der Waals surface area contributed by atoms with Crippen molar-refractivity contribution in [3.05, 3.63) is 24.0 Å². The van der Waals surface area contributed by atoms with E-state index in [4.69, 9.17) is 4.74 Å². The van der Waals surface area contributed by atoms with Crippen LogP contribution in [0.4, 0.5) is 14.9 Å². The van der Waals surface area contributed by atoms with Gasteiger partial charge in [-0.05, 0) is 19.1 Å². The maximum Gasteiger partial charge on any atom is 0.414 e. The van der Waals surface area contributed by atoms with Crippen LogP contribution in [0.1, 0.15) is 20.8 Å². The van der Waals surface area contributed by atoms with Crippen molar-refractivity contribution in [3.8, 4) is 5.75 Å². The van der Waals surface area contributed by atoms with Gasteiger partial charge in [0.05, 0.1) is 18.8 Å². The van der Waals surface area contributed by atoms with Crippen molar-refractivity contribution in [1.29, 1.82) is 0 Å². The fraction of sp³-hybridized carbons (Fsp3) is 0.438. The van der Waals surface area contributed by atoms with E-state index in [0.29, 0.717) is 0 Å². The number of anilines is 1. The van der Waals surface area contributed by atoms with Crippen molar-refractivity contribution < 1.29 is 38.1 Å². The summed E-state index contributed by atoms with van der Waals surface area (Å²) in [6.45, 7) is 3.35. The van der Waals surface area contributed by atoms with Crippen molar-refractivity contribution in [2.24, 2.45) is 0 Å². The number of benzene rings is 1. The minimum atomic E-state index is -1.20. The Bertz CT molecular complexity index is 635. The number of nitrogens with zero attached hydrogens (tertiary/aromatic N) is 1. The van der Waals surface area contributed by atoms with Crippen LogP contribution in [-0.4, -0.2) is 49.0 Å². The van der Waals surface area contributed by atoms with E-state index < -0.39 is 30.0 Å². The highest BCUT2D eigenvalue weighted by Crippen LogP contribution is 2.25. The van der Waals surface area contributed by atoms with Crippen LogP contribution < -0.4 is 9.64 Å².